The Hall–Kier alpha value is -1.17. The van der Waals surface area contributed by atoms with Crippen molar-refractivity contribution in [3.63, 3.8) is 0 Å². The van der Waals surface area contributed by atoms with Gasteiger partial charge in [0.15, 0.2) is 5.82 Å². The summed E-state index contributed by atoms with van der Waals surface area (Å²) in [6.45, 7) is -0.324. The quantitative estimate of drug-likeness (QED) is 0.546. The topological polar surface area (TPSA) is 150 Å². The van der Waals surface area contributed by atoms with Gasteiger partial charge in [0.05, 0.1) is 5.75 Å². The number of nitrogens with zero attached hydrogens (tertiary/aromatic N) is 2. The van der Waals surface area contributed by atoms with Gasteiger partial charge in [-0.1, -0.05) is 0 Å². The summed E-state index contributed by atoms with van der Waals surface area (Å²) < 4.78 is 47.9. The molecule has 5 N–H and O–H groups in total. The van der Waals surface area contributed by atoms with Gasteiger partial charge in [-0.3, -0.25) is 4.68 Å². The normalized spacial score (nSPS) is 12.8. The van der Waals surface area contributed by atoms with Crippen molar-refractivity contribution in [1.82, 2.24) is 14.5 Å². The minimum absolute atomic E-state index is 0.157. The number of sulfonamides is 2. The van der Waals surface area contributed by atoms with Crippen LogP contribution in [0.25, 0.3) is 0 Å². The standard InChI is InChI=1S/C6H13N5O4S2/c1-11-4-5(6(7)10-11)17(14,15)9-2-3-16(8,12)13/h4,9H,2-3H2,1H3,(H2,7,10)(H2,8,12,13). The molecule has 9 nitrogen and oxygen atoms in total. The first-order chi connectivity index (χ1) is 7.62. The third kappa shape index (κ3) is 3.96. The number of primary sulfonamides is 1. The first-order valence-corrected chi connectivity index (χ1v) is 7.61. The number of hydrogen-bond donors (Lipinski definition) is 3. The summed E-state index contributed by atoms with van der Waals surface area (Å²) in [5.41, 5.74) is 5.39. The summed E-state index contributed by atoms with van der Waals surface area (Å²) in [4.78, 5) is -0.200. The molecule has 1 aromatic rings. The van der Waals surface area contributed by atoms with E-state index in [9.17, 15) is 16.8 Å². The Kier molecular flexibility index (Phi) is 3.76. The second kappa shape index (κ2) is 4.60. The Morgan fingerprint density at radius 2 is 2.00 bits per heavy atom. The molecule has 0 radical (unpaired) electrons. The highest BCUT2D eigenvalue weighted by molar-refractivity contribution is 7.90. The third-order valence-corrected chi connectivity index (χ3v) is 4.04. The average Bonchev–Trinajstić information content (AvgIpc) is 2.43. The zero-order valence-corrected chi connectivity index (χ0v) is 10.6. The van der Waals surface area contributed by atoms with Gasteiger partial charge < -0.3 is 5.73 Å². The molecular formula is C6H13N5O4S2. The molecule has 0 bridgehead atoms. The van der Waals surface area contributed by atoms with Crippen LogP contribution in [0.2, 0.25) is 0 Å². The lowest BCUT2D eigenvalue weighted by Gasteiger charge is -2.03. The fourth-order valence-electron chi connectivity index (χ4n) is 1.09. The SMILES string of the molecule is Cn1cc(S(=O)(=O)NCCS(N)(=O)=O)c(N)n1. The molecule has 0 aliphatic rings. The molecule has 0 fully saturated rings. The van der Waals surface area contributed by atoms with Gasteiger partial charge in [-0.25, -0.2) is 26.7 Å². The van der Waals surface area contributed by atoms with Crippen molar-refractivity contribution < 1.29 is 16.8 Å². The van der Waals surface area contributed by atoms with Crippen molar-refractivity contribution in [2.45, 2.75) is 4.90 Å². The van der Waals surface area contributed by atoms with Gasteiger partial charge in [0.2, 0.25) is 20.0 Å². The third-order valence-electron chi connectivity index (χ3n) is 1.79. The van der Waals surface area contributed by atoms with Gasteiger partial charge in [-0.15, -0.1) is 0 Å². The molecule has 0 saturated heterocycles. The zero-order valence-electron chi connectivity index (χ0n) is 8.99. The van der Waals surface area contributed by atoms with Crippen molar-refractivity contribution in [3.05, 3.63) is 6.20 Å². The highest BCUT2D eigenvalue weighted by atomic mass is 32.2. The van der Waals surface area contributed by atoms with Crippen molar-refractivity contribution >= 4 is 25.9 Å². The molecular weight excluding hydrogens is 270 g/mol. The maximum Gasteiger partial charge on any atom is 0.245 e. The van der Waals surface area contributed by atoms with E-state index in [4.69, 9.17) is 10.9 Å². The molecule has 11 heteroatoms. The number of aryl methyl sites for hydroxylation is 1. The van der Waals surface area contributed by atoms with Crippen molar-refractivity contribution in [1.29, 1.82) is 0 Å². The summed E-state index contributed by atoms with van der Waals surface area (Å²) in [6.07, 6.45) is 1.22. The van der Waals surface area contributed by atoms with E-state index >= 15 is 0 Å². The number of nitrogen functional groups attached to an aromatic ring is 1. The number of rotatable bonds is 5. The van der Waals surface area contributed by atoms with Gasteiger partial charge in [0.25, 0.3) is 0 Å². The fraction of sp³-hybridized carbons (Fsp3) is 0.500. The predicted molar refractivity (Wildman–Crippen MR) is 60.8 cm³/mol. The average molecular weight is 283 g/mol. The lowest BCUT2D eigenvalue weighted by molar-refractivity contribution is 0.581. The highest BCUT2D eigenvalue weighted by Gasteiger charge is 2.20. The van der Waals surface area contributed by atoms with E-state index in [2.05, 4.69) is 9.82 Å². The Morgan fingerprint density at radius 3 is 2.41 bits per heavy atom. The molecule has 1 aromatic heterocycles. The number of nitrogens with two attached hydrogens (primary N) is 2. The van der Waals surface area contributed by atoms with E-state index in [0.717, 1.165) is 0 Å². The van der Waals surface area contributed by atoms with Gasteiger partial charge in [0, 0.05) is 19.8 Å². The van der Waals surface area contributed by atoms with Crippen LogP contribution in [0.4, 0.5) is 5.82 Å². The summed E-state index contributed by atoms with van der Waals surface area (Å²) >= 11 is 0. The van der Waals surface area contributed by atoms with E-state index in [-0.39, 0.29) is 17.3 Å². The first kappa shape index (κ1) is 13.9. The van der Waals surface area contributed by atoms with Gasteiger partial charge in [-0.2, -0.15) is 5.10 Å². The lowest BCUT2D eigenvalue weighted by Crippen LogP contribution is -2.31. The second-order valence-electron chi connectivity index (χ2n) is 3.32. The summed E-state index contributed by atoms with van der Waals surface area (Å²) in [5.74, 6) is -0.651. The fourth-order valence-corrected chi connectivity index (χ4v) is 2.74. The number of hydrogen-bond acceptors (Lipinski definition) is 6. The molecule has 0 aromatic carbocycles. The monoisotopic (exact) mass is 283 g/mol. The maximum absolute atomic E-state index is 11.7. The van der Waals surface area contributed by atoms with Crippen LogP contribution in [0.3, 0.4) is 0 Å². The van der Waals surface area contributed by atoms with Crippen LogP contribution in [-0.2, 0) is 27.1 Å². The molecule has 0 spiro atoms. The van der Waals surface area contributed by atoms with Crippen LogP contribution in [0.1, 0.15) is 0 Å². The van der Waals surface area contributed by atoms with Crippen LogP contribution in [0.5, 0.6) is 0 Å². The van der Waals surface area contributed by atoms with E-state index in [1.165, 1.54) is 17.9 Å². The van der Waals surface area contributed by atoms with Crippen molar-refractivity contribution in [3.8, 4) is 0 Å². The molecule has 0 amide bonds. The van der Waals surface area contributed by atoms with Crippen molar-refractivity contribution in [2.24, 2.45) is 12.2 Å². The van der Waals surface area contributed by atoms with Crippen LogP contribution in [-0.4, -0.2) is 38.9 Å². The summed E-state index contributed by atoms with van der Waals surface area (Å²) in [5, 5.41) is 8.40. The van der Waals surface area contributed by atoms with Gasteiger partial charge in [-0.05, 0) is 0 Å². The minimum Gasteiger partial charge on any atom is -0.381 e. The summed E-state index contributed by atoms with van der Waals surface area (Å²) in [7, 11) is -6.07. The molecule has 1 rings (SSSR count). The Bertz CT molecular complexity index is 602. The molecule has 1 heterocycles. The molecule has 17 heavy (non-hydrogen) atoms. The van der Waals surface area contributed by atoms with Crippen LogP contribution in [0, 0.1) is 0 Å². The Balaban J connectivity index is 2.80. The summed E-state index contributed by atoms with van der Waals surface area (Å²) in [6, 6.07) is 0. The van der Waals surface area contributed by atoms with E-state index in [0.29, 0.717) is 0 Å². The molecule has 0 aliphatic heterocycles. The Morgan fingerprint density at radius 1 is 1.41 bits per heavy atom. The molecule has 0 unspecified atom stereocenters. The van der Waals surface area contributed by atoms with Gasteiger partial charge >= 0.3 is 0 Å². The minimum atomic E-state index is -3.87. The van der Waals surface area contributed by atoms with Gasteiger partial charge in [0.1, 0.15) is 4.90 Å². The van der Waals surface area contributed by atoms with E-state index in [1.54, 1.807) is 0 Å². The zero-order chi connectivity index (χ0) is 13.3. The highest BCUT2D eigenvalue weighted by Crippen LogP contribution is 2.14. The van der Waals surface area contributed by atoms with Crippen LogP contribution < -0.4 is 15.6 Å². The maximum atomic E-state index is 11.7. The van der Waals surface area contributed by atoms with Crippen molar-refractivity contribution in [2.75, 3.05) is 18.0 Å². The van der Waals surface area contributed by atoms with E-state index < -0.39 is 25.8 Å². The Labute approximate surface area is 98.9 Å². The number of anilines is 1. The molecule has 98 valence electrons. The smallest absolute Gasteiger partial charge is 0.245 e. The number of nitrogens with one attached hydrogen (secondary N) is 1. The van der Waals surface area contributed by atoms with Crippen LogP contribution in [0.15, 0.2) is 11.1 Å². The second-order valence-corrected chi connectivity index (χ2v) is 6.79. The largest absolute Gasteiger partial charge is 0.381 e. The molecule has 0 atom stereocenters. The lowest BCUT2D eigenvalue weighted by atomic mass is 10.7. The molecule has 0 saturated carbocycles. The van der Waals surface area contributed by atoms with Crippen LogP contribution >= 0.6 is 0 Å². The van der Waals surface area contributed by atoms with E-state index in [1.807, 2.05) is 0 Å². The number of aromatic nitrogens is 2. The predicted octanol–water partition coefficient (Wildman–Crippen LogP) is -2.43. The molecule has 0 aliphatic carbocycles. The first-order valence-electron chi connectivity index (χ1n) is 4.41.